The number of fused-ring (bicyclic) bond motifs is 3. The van der Waals surface area contributed by atoms with Crippen LogP contribution < -0.4 is 23.7 Å². The predicted molar refractivity (Wildman–Crippen MR) is 134 cm³/mol. The van der Waals surface area contributed by atoms with E-state index in [1.54, 1.807) is 12.1 Å². The zero-order chi connectivity index (χ0) is 26.8. The molecule has 2 unspecified atom stereocenters. The summed E-state index contributed by atoms with van der Waals surface area (Å²) < 4.78 is 63.8. The lowest BCUT2D eigenvalue weighted by atomic mass is 9.85. The second kappa shape index (κ2) is 9.21. The number of sulfonamides is 1. The molecule has 0 N–H and O–H groups in total. The monoisotopic (exact) mass is 546 g/mol. The quantitative estimate of drug-likeness (QED) is 0.501. The van der Waals surface area contributed by atoms with Crippen molar-refractivity contribution in [2.45, 2.75) is 36.3 Å². The number of hydrogen-bond donors (Lipinski definition) is 0. The molecule has 38 heavy (non-hydrogen) atoms. The van der Waals surface area contributed by atoms with Gasteiger partial charge in [-0.25, -0.2) is 13.2 Å². The van der Waals surface area contributed by atoms with Crippen LogP contribution in [0.4, 0.5) is 0 Å². The first-order chi connectivity index (χ1) is 18.3. The normalized spacial score (nSPS) is 22.7. The van der Waals surface area contributed by atoms with Crippen LogP contribution in [0.5, 0.6) is 28.7 Å². The lowest BCUT2D eigenvalue weighted by Gasteiger charge is -2.39. The Balaban J connectivity index is 1.59. The van der Waals surface area contributed by atoms with Crippen molar-refractivity contribution in [1.82, 2.24) is 9.21 Å². The average molecular weight is 547 g/mol. The number of rotatable bonds is 6. The molecule has 4 heterocycles. The van der Waals surface area contributed by atoms with Gasteiger partial charge < -0.3 is 28.4 Å². The number of cyclic esters (lactones) is 1. The number of carbonyl (C=O) groups is 1. The van der Waals surface area contributed by atoms with Gasteiger partial charge in [0.2, 0.25) is 22.6 Å². The summed E-state index contributed by atoms with van der Waals surface area (Å²) in [4.78, 5) is 15.3. The smallest absolute Gasteiger partial charge is 0.343 e. The fourth-order valence-corrected chi connectivity index (χ4v) is 8.03. The van der Waals surface area contributed by atoms with Crippen molar-refractivity contribution in [2.75, 3.05) is 54.8 Å². The minimum Gasteiger partial charge on any atom is -0.493 e. The third-order valence-corrected chi connectivity index (χ3v) is 9.82. The maximum absolute atomic E-state index is 14.0. The van der Waals surface area contributed by atoms with Crippen LogP contribution in [0, 0.1) is 0 Å². The van der Waals surface area contributed by atoms with E-state index in [9.17, 15) is 13.2 Å². The Hall–Kier alpha value is -3.22. The van der Waals surface area contributed by atoms with Gasteiger partial charge in [-0.15, -0.1) is 0 Å². The SMILES string of the molecule is COc1ccc2c(c1OC)C(=O)OC2C1c2c(c(S(=O)(=O)N3CCCC3)c3c(c2OC)OCO3)CCN1C. The molecule has 204 valence electrons. The molecule has 0 spiro atoms. The molecule has 1 fully saturated rings. The van der Waals surface area contributed by atoms with Crippen molar-refractivity contribution in [2.24, 2.45) is 0 Å². The summed E-state index contributed by atoms with van der Waals surface area (Å²) in [5.41, 5.74) is 2.14. The van der Waals surface area contributed by atoms with Gasteiger partial charge in [0, 0.05) is 30.8 Å². The first-order valence-corrected chi connectivity index (χ1v) is 14.0. The zero-order valence-corrected chi connectivity index (χ0v) is 22.6. The largest absolute Gasteiger partial charge is 0.493 e. The van der Waals surface area contributed by atoms with Crippen LogP contribution in [0.1, 0.15) is 52.0 Å². The topological polar surface area (TPSA) is 113 Å². The van der Waals surface area contributed by atoms with E-state index in [-0.39, 0.29) is 23.2 Å². The van der Waals surface area contributed by atoms with E-state index < -0.39 is 28.1 Å². The molecule has 12 heteroatoms. The molecule has 2 aromatic carbocycles. The third kappa shape index (κ3) is 3.46. The third-order valence-electron chi connectivity index (χ3n) is 7.83. The van der Waals surface area contributed by atoms with E-state index in [1.165, 1.54) is 25.6 Å². The summed E-state index contributed by atoms with van der Waals surface area (Å²) in [6, 6.07) is 2.96. The molecule has 0 bridgehead atoms. The Labute approximate surface area is 221 Å². The summed E-state index contributed by atoms with van der Waals surface area (Å²) in [6.07, 6.45) is 1.31. The highest BCUT2D eigenvalue weighted by Gasteiger charge is 2.49. The van der Waals surface area contributed by atoms with Gasteiger partial charge in [-0.1, -0.05) is 6.07 Å². The van der Waals surface area contributed by atoms with Crippen LogP contribution in [0.2, 0.25) is 0 Å². The number of ether oxygens (including phenoxy) is 6. The van der Waals surface area contributed by atoms with Gasteiger partial charge in [-0.05, 0) is 37.9 Å². The molecule has 4 aliphatic rings. The van der Waals surface area contributed by atoms with Crippen molar-refractivity contribution in [1.29, 1.82) is 0 Å². The van der Waals surface area contributed by atoms with Crippen LogP contribution in [0.3, 0.4) is 0 Å². The maximum atomic E-state index is 14.0. The molecular weight excluding hydrogens is 516 g/mol. The highest BCUT2D eigenvalue weighted by molar-refractivity contribution is 7.89. The van der Waals surface area contributed by atoms with Gasteiger partial charge in [-0.2, -0.15) is 4.31 Å². The van der Waals surface area contributed by atoms with E-state index in [1.807, 2.05) is 11.9 Å². The first kappa shape index (κ1) is 25.1. The molecule has 2 atom stereocenters. The van der Waals surface area contributed by atoms with Gasteiger partial charge in [0.15, 0.2) is 23.0 Å². The van der Waals surface area contributed by atoms with Crippen LogP contribution in [-0.4, -0.2) is 78.4 Å². The van der Waals surface area contributed by atoms with E-state index in [0.29, 0.717) is 65.6 Å². The highest BCUT2D eigenvalue weighted by atomic mass is 32.2. The van der Waals surface area contributed by atoms with Crippen molar-refractivity contribution >= 4 is 16.0 Å². The molecule has 4 aliphatic heterocycles. The average Bonchev–Trinajstić information content (AvgIpc) is 3.68. The second-order valence-corrected chi connectivity index (χ2v) is 11.6. The van der Waals surface area contributed by atoms with E-state index in [4.69, 9.17) is 28.4 Å². The van der Waals surface area contributed by atoms with Crippen molar-refractivity contribution in [3.8, 4) is 28.7 Å². The summed E-state index contributed by atoms with van der Waals surface area (Å²) in [7, 11) is 2.53. The summed E-state index contributed by atoms with van der Waals surface area (Å²) in [6.45, 7) is 1.32. The van der Waals surface area contributed by atoms with Crippen LogP contribution in [-0.2, 0) is 21.2 Å². The standard InChI is InChI=1S/C26H30N2O9S/c1-27-12-9-15-17(19(27)20-14-7-8-16(32-2)21(33-3)18(14)26(29)37-20)22(34-4)23-24(36-13-35-23)25(15)38(30,31)28-10-5-6-11-28/h7-8,19-20H,5-6,9-13H2,1-4H3. The fraction of sp³-hybridized carbons (Fsp3) is 0.500. The van der Waals surface area contributed by atoms with Gasteiger partial charge in [0.05, 0.1) is 27.4 Å². The highest BCUT2D eigenvalue weighted by Crippen LogP contribution is 2.58. The van der Waals surface area contributed by atoms with Crippen molar-refractivity contribution in [3.05, 3.63) is 34.4 Å². The molecule has 0 saturated carbocycles. The number of likely N-dealkylation sites (N-methyl/N-ethyl adjacent to an activating group) is 1. The molecule has 11 nitrogen and oxygen atoms in total. The lowest BCUT2D eigenvalue weighted by Crippen LogP contribution is -2.38. The summed E-state index contributed by atoms with van der Waals surface area (Å²) in [5, 5.41) is 0. The van der Waals surface area contributed by atoms with Gasteiger partial charge in [-0.3, -0.25) is 4.90 Å². The molecule has 0 aliphatic carbocycles. The Morgan fingerprint density at radius 3 is 2.34 bits per heavy atom. The van der Waals surface area contributed by atoms with E-state index in [2.05, 4.69) is 0 Å². The Bertz CT molecular complexity index is 1420. The van der Waals surface area contributed by atoms with Crippen LogP contribution >= 0.6 is 0 Å². The fourth-order valence-electron chi connectivity index (χ4n) is 6.12. The number of hydrogen-bond acceptors (Lipinski definition) is 10. The van der Waals surface area contributed by atoms with Crippen LogP contribution in [0.25, 0.3) is 0 Å². The van der Waals surface area contributed by atoms with Crippen LogP contribution in [0.15, 0.2) is 17.0 Å². The van der Waals surface area contributed by atoms with Gasteiger partial charge >= 0.3 is 5.97 Å². The predicted octanol–water partition coefficient (Wildman–Crippen LogP) is 2.67. The maximum Gasteiger partial charge on any atom is 0.343 e. The number of benzene rings is 2. The number of esters is 1. The number of carbonyl (C=O) groups excluding carboxylic acids is 1. The second-order valence-electron chi connectivity index (χ2n) is 9.70. The van der Waals surface area contributed by atoms with Gasteiger partial charge in [0.25, 0.3) is 0 Å². The molecule has 0 aromatic heterocycles. The Morgan fingerprint density at radius 2 is 1.66 bits per heavy atom. The lowest BCUT2D eigenvalue weighted by molar-refractivity contribution is 0.00855. The van der Waals surface area contributed by atoms with E-state index >= 15 is 0 Å². The molecule has 6 rings (SSSR count). The van der Waals surface area contributed by atoms with Crippen molar-refractivity contribution in [3.63, 3.8) is 0 Å². The number of methoxy groups -OCH3 is 3. The summed E-state index contributed by atoms with van der Waals surface area (Å²) in [5.74, 6) is 1.000. The Morgan fingerprint density at radius 1 is 0.947 bits per heavy atom. The van der Waals surface area contributed by atoms with Crippen molar-refractivity contribution < 1.29 is 41.6 Å². The molecule has 2 aromatic rings. The number of nitrogens with zero attached hydrogens (tertiary/aromatic N) is 2. The minimum absolute atomic E-state index is 0.115. The molecule has 0 radical (unpaired) electrons. The van der Waals surface area contributed by atoms with E-state index in [0.717, 1.165) is 12.8 Å². The zero-order valence-electron chi connectivity index (χ0n) is 21.7. The first-order valence-electron chi connectivity index (χ1n) is 12.5. The molecule has 0 amide bonds. The summed E-state index contributed by atoms with van der Waals surface area (Å²) >= 11 is 0. The minimum atomic E-state index is -3.88. The molecular formula is C26H30N2O9S. The molecule has 1 saturated heterocycles. The van der Waals surface area contributed by atoms with Gasteiger partial charge in [0.1, 0.15) is 16.6 Å². The Kier molecular flexibility index (Phi) is 6.08.